The van der Waals surface area contributed by atoms with Crippen LogP contribution in [-0.4, -0.2) is 44.0 Å². The highest BCUT2D eigenvalue weighted by molar-refractivity contribution is 6.32. The van der Waals surface area contributed by atoms with Crippen molar-refractivity contribution in [3.05, 3.63) is 41.7 Å². The Hall–Kier alpha value is -1.90. The van der Waals surface area contributed by atoms with Crippen LogP contribution < -0.4 is 4.43 Å². The third-order valence-electron chi connectivity index (χ3n) is 2.23. The zero-order chi connectivity index (χ0) is 13.7. The minimum Gasteiger partial charge on any atom is -0.502 e. The lowest BCUT2D eigenvalue weighted by Crippen LogP contribution is -2.10. The van der Waals surface area contributed by atoms with Gasteiger partial charge in [-0.1, -0.05) is 24.3 Å². The molecule has 0 heterocycles. The van der Waals surface area contributed by atoms with Crippen LogP contribution >= 0.6 is 0 Å². The first-order valence-electron chi connectivity index (χ1n) is 5.17. The van der Waals surface area contributed by atoms with E-state index >= 15 is 0 Å². The monoisotopic (exact) mass is 262 g/mol. The quantitative estimate of drug-likeness (QED) is 0.248. The summed E-state index contributed by atoms with van der Waals surface area (Å²) < 4.78 is 1.13. The fourth-order valence-electron chi connectivity index (χ4n) is 1.27. The van der Waals surface area contributed by atoms with Crippen molar-refractivity contribution in [2.24, 2.45) is 0 Å². The minimum atomic E-state index is -1.60. The normalized spacial score (nSPS) is 11.0. The molecule has 1 aromatic rings. The fourth-order valence-corrected chi connectivity index (χ4v) is 1.60. The maximum Gasteiger partial charge on any atom is 0.371 e. The number of carboxylic acids is 1. The Kier molecular flexibility index (Phi) is 4.84. The van der Waals surface area contributed by atoms with Gasteiger partial charge in [-0.15, -0.1) is 4.43 Å². The maximum absolute atomic E-state index is 11.6. The number of aliphatic carboxylic acids is 1. The Morgan fingerprint density at radius 3 is 2.17 bits per heavy atom. The molecule has 0 aliphatic rings. The number of aliphatic hydroxyl groups is 1. The summed E-state index contributed by atoms with van der Waals surface area (Å²) in [5.74, 6) is -3.82. The second kappa shape index (κ2) is 6.15. The van der Waals surface area contributed by atoms with Crippen molar-refractivity contribution in [1.82, 2.24) is 0 Å². The molecule has 0 saturated carbocycles. The van der Waals surface area contributed by atoms with Crippen LogP contribution in [-0.2, 0) is 9.59 Å². The molecular formula is C12H11AlO5. The molecule has 0 atom stereocenters. The summed E-state index contributed by atoms with van der Waals surface area (Å²) in [6.45, 7) is 0. The molecule has 18 heavy (non-hydrogen) atoms. The van der Waals surface area contributed by atoms with Gasteiger partial charge in [0.15, 0.2) is 11.6 Å². The Morgan fingerprint density at radius 1 is 1.11 bits per heavy atom. The molecule has 2 N–H and O–H groups in total. The third kappa shape index (κ3) is 4.17. The first kappa shape index (κ1) is 14.2. The van der Waals surface area contributed by atoms with E-state index in [9.17, 15) is 14.4 Å². The van der Waals surface area contributed by atoms with Gasteiger partial charge in [0.05, 0.1) is 6.42 Å². The number of carbonyl (C=O) groups is 3. The summed E-state index contributed by atoms with van der Waals surface area (Å²) in [7, 11) is 0. The lowest BCUT2D eigenvalue weighted by molar-refractivity contribution is -0.135. The average molecular weight is 262 g/mol. The molecule has 0 aromatic heterocycles. The number of rotatable bonds is 5. The number of carbonyl (C=O) groups excluding carboxylic acids is 2. The summed E-state index contributed by atoms with van der Waals surface area (Å²) >= 11 is 0.876. The van der Waals surface area contributed by atoms with Crippen LogP contribution in [0.4, 0.5) is 0 Å². The number of hydrogen-bond donors (Lipinski definition) is 2. The topological polar surface area (TPSA) is 91.7 Å². The second-order valence-corrected chi connectivity index (χ2v) is 4.92. The van der Waals surface area contributed by atoms with E-state index in [0.717, 1.165) is 20.7 Å². The smallest absolute Gasteiger partial charge is 0.371 e. The predicted molar refractivity (Wildman–Crippen MR) is 66.9 cm³/mol. The van der Waals surface area contributed by atoms with Crippen LogP contribution in [0.1, 0.15) is 16.8 Å². The van der Waals surface area contributed by atoms with Crippen molar-refractivity contribution >= 4 is 38.3 Å². The second-order valence-electron chi connectivity index (χ2n) is 3.77. The number of Topliss-reactive ketones (excluding diaryl/α,β-unsaturated/α-hetero) is 1. The van der Waals surface area contributed by atoms with Crippen molar-refractivity contribution in [3.8, 4) is 0 Å². The molecule has 0 spiro atoms. The molecule has 0 aliphatic heterocycles. The van der Waals surface area contributed by atoms with Gasteiger partial charge in [-0.25, -0.2) is 4.79 Å². The van der Waals surface area contributed by atoms with Crippen LogP contribution in [0.15, 0.2) is 36.1 Å². The van der Waals surface area contributed by atoms with Crippen LogP contribution in [0.25, 0.3) is 0 Å². The third-order valence-corrected chi connectivity index (χ3v) is 2.89. The molecule has 0 fully saturated rings. The van der Waals surface area contributed by atoms with Crippen LogP contribution in [0.3, 0.4) is 0 Å². The highest BCUT2D eigenvalue weighted by Crippen LogP contribution is 2.03. The standard InChI is InChI=1S/C12H9O5.Al.2H/c13-9(7-11(15)12(16)17)6-10(14)8-4-2-1-3-5-8;;;/h2-5,7,15H,6H2,(H,16,17);;;/b11-7-;;;. The highest BCUT2D eigenvalue weighted by Gasteiger charge is 2.13. The summed E-state index contributed by atoms with van der Waals surface area (Å²) in [6.07, 6.45) is 0.0825. The molecule has 0 bridgehead atoms. The molecule has 0 unspecified atom stereocenters. The zero-order valence-corrected chi connectivity index (χ0v) is 11.7. The molecule has 1 rings (SSSR count). The van der Waals surface area contributed by atoms with Gasteiger partial charge in [0.25, 0.3) is 16.3 Å². The van der Waals surface area contributed by atoms with E-state index in [1.54, 1.807) is 24.3 Å². The lowest BCUT2D eigenvalue weighted by atomic mass is 10.1. The van der Waals surface area contributed by atoms with E-state index in [1.807, 2.05) is 0 Å². The fraction of sp³-hybridized carbons (Fsp3) is 0.0833. The number of hydrogen-bond acceptors (Lipinski definition) is 4. The number of ketones is 2. The Bertz CT molecular complexity index is 516. The molecule has 0 aliphatic carbocycles. The number of aliphatic hydroxyl groups excluding tert-OH is 1. The minimum absolute atomic E-state index is 0.395. The van der Waals surface area contributed by atoms with Gasteiger partial charge >= 0.3 is 5.97 Å². The molecule has 0 saturated heterocycles. The van der Waals surface area contributed by atoms with E-state index in [1.165, 1.54) is 0 Å². The van der Waals surface area contributed by atoms with Gasteiger partial charge in [-0.05, 0) is 0 Å². The van der Waals surface area contributed by atoms with E-state index in [0.29, 0.717) is 11.6 Å². The Balaban J connectivity index is 2.71. The zero-order valence-electron chi connectivity index (χ0n) is 9.71. The van der Waals surface area contributed by atoms with Crippen LogP contribution in [0.5, 0.6) is 0 Å². The summed E-state index contributed by atoms with van der Waals surface area (Å²) in [6, 6.07) is 6.85. The molecule has 92 valence electrons. The van der Waals surface area contributed by atoms with Gasteiger partial charge in [-0.2, -0.15) is 0 Å². The van der Waals surface area contributed by atoms with Crippen molar-refractivity contribution in [2.45, 2.75) is 6.42 Å². The first-order valence-corrected chi connectivity index (χ1v) is 6.17. The summed E-state index contributed by atoms with van der Waals surface area (Å²) in [5, 5.41) is 17.2. The average Bonchev–Trinajstić information content (AvgIpc) is 2.29. The van der Waals surface area contributed by atoms with Crippen molar-refractivity contribution < 1.29 is 24.6 Å². The SMILES string of the molecule is O=C(/C=C(\O)C(=O)O)CC(=O)c1cc[c]([AlH2])cc1. The van der Waals surface area contributed by atoms with Crippen LogP contribution in [0, 0.1) is 0 Å². The first-order chi connectivity index (χ1) is 8.40. The highest BCUT2D eigenvalue weighted by atomic mass is 27.0. The molecule has 6 heteroatoms. The van der Waals surface area contributed by atoms with Gasteiger partial charge in [0, 0.05) is 11.6 Å². The van der Waals surface area contributed by atoms with Crippen molar-refractivity contribution in [3.63, 3.8) is 0 Å². The summed E-state index contributed by atoms with van der Waals surface area (Å²) in [4.78, 5) is 33.2. The van der Waals surface area contributed by atoms with Gasteiger partial charge in [0.2, 0.25) is 5.76 Å². The molecular weight excluding hydrogens is 251 g/mol. The summed E-state index contributed by atoms with van der Waals surface area (Å²) in [5.41, 5.74) is 0.395. The van der Waals surface area contributed by atoms with E-state index in [4.69, 9.17) is 10.2 Å². The molecule has 0 radical (unpaired) electrons. The van der Waals surface area contributed by atoms with E-state index in [2.05, 4.69) is 0 Å². The molecule has 0 amide bonds. The number of carboxylic acid groups (broad SMARTS) is 1. The van der Waals surface area contributed by atoms with Crippen molar-refractivity contribution in [2.75, 3.05) is 0 Å². The predicted octanol–water partition coefficient (Wildman–Crippen LogP) is -0.387. The van der Waals surface area contributed by atoms with Gasteiger partial charge in [-0.3, -0.25) is 9.59 Å². The maximum atomic E-state index is 11.6. The largest absolute Gasteiger partial charge is 0.502 e. The van der Waals surface area contributed by atoms with Crippen molar-refractivity contribution in [1.29, 1.82) is 0 Å². The van der Waals surface area contributed by atoms with Gasteiger partial charge < -0.3 is 10.2 Å². The Morgan fingerprint density at radius 2 is 1.67 bits per heavy atom. The molecule has 5 nitrogen and oxygen atoms in total. The van der Waals surface area contributed by atoms with Gasteiger partial charge in [0.1, 0.15) is 0 Å². The lowest BCUT2D eigenvalue weighted by Gasteiger charge is -1.99. The van der Waals surface area contributed by atoms with E-state index in [-0.39, 0.29) is 0 Å². The van der Waals surface area contributed by atoms with E-state index < -0.39 is 29.7 Å². The number of benzene rings is 1. The van der Waals surface area contributed by atoms with Crippen LogP contribution in [0.2, 0.25) is 0 Å². The number of allylic oxidation sites excluding steroid dienone is 1. The Labute approximate surface area is 111 Å². The molecule has 1 aromatic carbocycles.